The Morgan fingerprint density at radius 1 is 1.04 bits per heavy atom. The molecule has 0 unspecified atom stereocenters. The van der Waals surface area contributed by atoms with Crippen LogP contribution in [0, 0.1) is 18.3 Å². The maximum Gasteiger partial charge on any atom is 0.227 e. The van der Waals surface area contributed by atoms with Gasteiger partial charge < -0.3 is 9.80 Å². The topological polar surface area (TPSA) is 47.3 Å². The zero-order valence-electron chi connectivity index (χ0n) is 13.9. The van der Waals surface area contributed by atoms with Gasteiger partial charge in [0.25, 0.3) is 0 Å². The van der Waals surface area contributed by atoms with E-state index in [0.717, 1.165) is 37.4 Å². The normalized spacial score (nSPS) is 14.3. The maximum absolute atomic E-state index is 12.5. The second-order valence-electron chi connectivity index (χ2n) is 6.13. The van der Waals surface area contributed by atoms with E-state index >= 15 is 0 Å². The molecule has 0 aromatic heterocycles. The highest BCUT2D eigenvalue weighted by Crippen LogP contribution is 2.18. The zero-order valence-corrected chi connectivity index (χ0v) is 13.9. The Morgan fingerprint density at radius 2 is 1.71 bits per heavy atom. The summed E-state index contributed by atoms with van der Waals surface area (Å²) in [7, 11) is 0. The molecule has 0 spiro atoms. The summed E-state index contributed by atoms with van der Waals surface area (Å²) >= 11 is 0. The molecule has 0 atom stereocenters. The van der Waals surface area contributed by atoms with Crippen LogP contribution in [0.25, 0.3) is 0 Å². The van der Waals surface area contributed by atoms with Gasteiger partial charge in [0.2, 0.25) is 5.91 Å². The van der Waals surface area contributed by atoms with Gasteiger partial charge in [0.05, 0.1) is 18.1 Å². The number of benzene rings is 2. The molecule has 0 saturated carbocycles. The number of nitrogens with zero attached hydrogens (tertiary/aromatic N) is 3. The van der Waals surface area contributed by atoms with Crippen LogP contribution < -0.4 is 4.90 Å². The maximum atomic E-state index is 12.5. The summed E-state index contributed by atoms with van der Waals surface area (Å²) in [5, 5.41) is 8.87. The Bertz CT molecular complexity index is 753. The number of nitriles is 1. The minimum atomic E-state index is 0.198. The monoisotopic (exact) mass is 319 g/mol. The van der Waals surface area contributed by atoms with Crippen molar-refractivity contribution in [2.24, 2.45) is 0 Å². The van der Waals surface area contributed by atoms with Crippen molar-refractivity contribution in [3.8, 4) is 6.07 Å². The summed E-state index contributed by atoms with van der Waals surface area (Å²) in [4.78, 5) is 16.7. The minimum Gasteiger partial charge on any atom is -0.368 e. The van der Waals surface area contributed by atoms with Crippen LogP contribution in [-0.4, -0.2) is 37.0 Å². The van der Waals surface area contributed by atoms with Gasteiger partial charge in [-0.1, -0.05) is 24.3 Å². The summed E-state index contributed by atoms with van der Waals surface area (Å²) in [5.41, 5.74) is 4.06. The van der Waals surface area contributed by atoms with Gasteiger partial charge in [-0.3, -0.25) is 4.79 Å². The Morgan fingerprint density at radius 3 is 2.33 bits per heavy atom. The lowest BCUT2D eigenvalue weighted by atomic mass is 10.1. The molecular weight excluding hydrogens is 298 g/mol. The van der Waals surface area contributed by atoms with E-state index in [-0.39, 0.29) is 5.91 Å². The molecule has 0 N–H and O–H groups in total. The first kappa shape index (κ1) is 16.1. The van der Waals surface area contributed by atoms with Gasteiger partial charge in [0, 0.05) is 31.9 Å². The lowest BCUT2D eigenvalue weighted by Gasteiger charge is -2.36. The first-order chi connectivity index (χ1) is 11.7. The standard InChI is InChI=1S/C20H21N3O/c1-16-4-2-3-5-18(16)14-20(24)23-12-10-22(11-13-23)19-8-6-17(15-21)7-9-19/h2-9H,10-14H2,1H3. The molecule has 4 heteroatoms. The van der Waals surface area contributed by atoms with E-state index in [1.54, 1.807) is 0 Å². The number of piperazine rings is 1. The quantitative estimate of drug-likeness (QED) is 0.874. The second kappa shape index (κ2) is 7.18. The molecule has 1 aliphatic rings. The van der Waals surface area contributed by atoms with Crippen LogP contribution in [0.2, 0.25) is 0 Å². The van der Waals surface area contributed by atoms with Crippen molar-refractivity contribution in [2.75, 3.05) is 31.1 Å². The number of rotatable bonds is 3. The molecule has 122 valence electrons. The molecule has 1 saturated heterocycles. The molecule has 1 fully saturated rings. The van der Waals surface area contributed by atoms with Crippen molar-refractivity contribution in [3.05, 3.63) is 65.2 Å². The van der Waals surface area contributed by atoms with E-state index in [1.165, 1.54) is 5.56 Å². The van der Waals surface area contributed by atoms with Crippen LogP contribution in [0.4, 0.5) is 5.69 Å². The van der Waals surface area contributed by atoms with Crippen molar-refractivity contribution in [3.63, 3.8) is 0 Å². The average Bonchev–Trinajstić information content (AvgIpc) is 2.64. The third-order valence-corrected chi connectivity index (χ3v) is 4.60. The number of anilines is 1. The fourth-order valence-corrected chi connectivity index (χ4v) is 3.04. The van der Waals surface area contributed by atoms with Crippen LogP contribution in [0.15, 0.2) is 48.5 Å². The Balaban J connectivity index is 1.57. The van der Waals surface area contributed by atoms with E-state index in [0.29, 0.717) is 12.0 Å². The lowest BCUT2D eigenvalue weighted by Crippen LogP contribution is -2.49. The number of carbonyl (C=O) groups excluding carboxylic acids is 1. The van der Waals surface area contributed by atoms with E-state index in [1.807, 2.05) is 60.4 Å². The van der Waals surface area contributed by atoms with Crippen molar-refractivity contribution < 1.29 is 4.79 Å². The number of hydrogen-bond donors (Lipinski definition) is 0. The summed E-state index contributed by atoms with van der Waals surface area (Å²) in [6.07, 6.45) is 0.476. The molecular formula is C20H21N3O. The molecule has 3 rings (SSSR count). The number of amides is 1. The summed E-state index contributed by atoms with van der Waals surface area (Å²) in [6, 6.07) is 17.8. The van der Waals surface area contributed by atoms with Gasteiger partial charge in [-0.05, 0) is 42.3 Å². The average molecular weight is 319 g/mol. The van der Waals surface area contributed by atoms with Gasteiger partial charge >= 0.3 is 0 Å². The summed E-state index contributed by atoms with van der Waals surface area (Å²) in [6.45, 7) is 5.18. The minimum absolute atomic E-state index is 0.198. The molecule has 0 aliphatic carbocycles. The smallest absolute Gasteiger partial charge is 0.227 e. The van der Waals surface area contributed by atoms with E-state index in [9.17, 15) is 4.79 Å². The first-order valence-electron chi connectivity index (χ1n) is 8.25. The molecule has 2 aromatic rings. The van der Waals surface area contributed by atoms with Gasteiger partial charge in [-0.15, -0.1) is 0 Å². The zero-order chi connectivity index (χ0) is 16.9. The van der Waals surface area contributed by atoms with Crippen molar-refractivity contribution >= 4 is 11.6 Å². The predicted octanol–water partition coefficient (Wildman–Crippen LogP) is 2.76. The van der Waals surface area contributed by atoms with Crippen LogP contribution in [0.1, 0.15) is 16.7 Å². The van der Waals surface area contributed by atoms with Crippen molar-refractivity contribution in [2.45, 2.75) is 13.3 Å². The fraction of sp³-hybridized carbons (Fsp3) is 0.300. The molecule has 2 aromatic carbocycles. The highest BCUT2D eigenvalue weighted by atomic mass is 16.2. The molecule has 1 aliphatic heterocycles. The molecule has 0 bridgehead atoms. The number of aryl methyl sites for hydroxylation is 1. The van der Waals surface area contributed by atoms with Crippen LogP contribution in [0.3, 0.4) is 0 Å². The summed E-state index contributed by atoms with van der Waals surface area (Å²) < 4.78 is 0. The van der Waals surface area contributed by atoms with Crippen LogP contribution >= 0.6 is 0 Å². The predicted molar refractivity (Wildman–Crippen MR) is 94.8 cm³/mol. The van der Waals surface area contributed by atoms with Gasteiger partial charge in [-0.2, -0.15) is 5.26 Å². The number of carbonyl (C=O) groups is 1. The Kier molecular flexibility index (Phi) is 4.81. The van der Waals surface area contributed by atoms with E-state index in [4.69, 9.17) is 5.26 Å². The molecule has 24 heavy (non-hydrogen) atoms. The molecule has 1 heterocycles. The van der Waals surface area contributed by atoms with E-state index in [2.05, 4.69) is 11.0 Å². The third-order valence-electron chi connectivity index (χ3n) is 4.60. The Hall–Kier alpha value is -2.80. The van der Waals surface area contributed by atoms with Crippen molar-refractivity contribution in [1.82, 2.24) is 4.90 Å². The van der Waals surface area contributed by atoms with Gasteiger partial charge in [0.1, 0.15) is 0 Å². The molecule has 1 amide bonds. The first-order valence-corrected chi connectivity index (χ1v) is 8.25. The van der Waals surface area contributed by atoms with E-state index < -0.39 is 0 Å². The van der Waals surface area contributed by atoms with Crippen LogP contribution in [0.5, 0.6) is 0 Å². The highest BCUT2D eigenvalue weighted by Gasteiger charge is 2.21. The molecule has 4 nitrogen and oxygen atoms in total. The highest BCUT2D eigenvalue weighted by molar-refractivity contribution is 5.79. The van der Waals surface area contributed by atoms with Crippen molar-refractivity contribution in [1.29, 1.82) is 5.26 Å². The molecule has 0 radical (unpaired) electrons. The van der Waals surface area contributed by atoms with Crippen LogP contribution in [-0.2, 0) is 11.2 Å². The Labute approximate surface area is 142 Å². The second-order valence-corrected chi connectivity index (χ2v) is 6.13. The number of hydrogen-bond acceptors (Lipinski definition) is 3. The third kappa shape index (κ3) is 3.57. The fourth-order valence-electron chi connectivity index (χ4n) is 3.04. The summed E-state index contributed by atoms with van der Waals surface area (Å²) in [5.74, 6) is 0.198. The van der Waals surface area contributed by atoms with Gasteiger partial charge in [0.15, 0.2) is 0 Å². The lowest BCUT2D eigenvalue weighted by molar-refractivity contribution is -0.130. The SMILES string of the molecule is Cc1ccccc1CC(=O)N1CCN(c2ccc(C#N)cc2)CC1. The largest absolute Gasteiger partial charge is 0.368 e. The van der Waals surface area contributed by atoms with Gasteiger partial charge in [-0.25, -0.2) is 0 Å².